The van der Waals surface area contributed by atoms with Crippen LogP contribution in [0.25, 0.3) is 43.5 Å². The maximum Gasteiger partial charge on any atom is 0.148 e. The molecule has 4 aromatic heterocycles. The van der Waals surface area contributed by atoms with Crippen molar-refractivity contribution in [3.8, 4) is 10.7 Å². The fraction of sp³-hybridized carbons (Fsp3) is 0. The Morgan fingerprint density at radius 1 is 0.818 bits per heavy atom. The Balaban J connectivity index is 2.03. The van der Waals surface area contributed by atoms with Crippen molar-refractivity contribution in [2.45, 2.75) is 0 Å². The summed E-state index contributed by atoms with van der Waals surface area (Å²) in [5, 5.41) is 4.14. The van der Waals surface area contributed by atoms with Crippen molar-refractivity contribution < 1.29 is 0 Å². The van der Waals surface area contributed by atoms with Gasteiger partial charge >= 0.3 is 0 Å². The molecule has 0 aliphatic heterocycles. The molecule has 0 fully saturated rings. The zero-order valence-corrected chi connectivity index (χ0v) is 12.3. The van der Waals surface area contributed by atoms with E-state index < -0.39 is 0 Å². The lowest BCUT2D eigenvalue weighted by Gasteiger charge is -2.03. The summed E-state index contributed by atoms with van der Waals surface area (Å²) >= 11 is 1.68. The summed E-state index contributed by atoms with van der Waals surface area (Å²) in [6.07, 6.45) is 3.61. The maximum atomic E-state index is 4.82. The molecule has 0 saturated heterocycles. The number of H-pyrrole nitrogens is 1. The SMILES string of the molecule is c1csc(-c2nc3c4cccnc4c4ncccc4c3[nH]2)c1. The van der Waals surface area contributed by atoms with Gasteiger partial charge in [0.1, 0.15) is 5.82 Å². The van der Waals surface area contributed by atoms with Crippen molar-refractivity contribution in [3.63, 3.8) is 0 Å². The molecule has 0 unspecified atom stereocenters. The van der Waals surface area contributed by atoms with E-state index in [1.807, 2.05) is 18.2 Å². The van der Waals surface area contributed by atoms with Crippen molar-refractivity contribution in [2.24, 2.45) is 0 Å². The normalized spacial score (nSPS) is 11.6. The van der Waals surface area contributed by atoms with E-state index in [1.54, 1.807) is 23.7 Å². The van der Waals surface area contributed by atoms with Crippen molar-refractivity contribution >= 4 is 44.2 Å². The molecule has 5 aromatic rings. The summed E-state index contributed by atoms with van der Waals surface area (Å²) in [4.78, 5) is 18.5. The van der Waals surface area contributed by atoms with Gasteiger partial charge in [-0.05, 0) is 35.7 Å². The Kier molecular flexibility index (Phi) is 2.34. The lowest BCUT2D eigenvalue weighted by molar-refractivity contribution is 1.36. The van der Waals surface area contributed by atoms with E-state index in [0.29, 0.717) is 0 Å². The van der Waals surface area contributed by atoms with E-state index in [1.165, 1.54) is 0 Å². The number of hydrogen-bond donors (Lipinski definition) is 1. The molecule has 0 radical (unpaired) electrons. The molecule has 1 N–H and O–H groups in total. The van der Waals surface area contributed by atoms with Crippen molar-refractivity contribution in [1.82, 2.24) is 19.9 Å². The van der Waals surface area contributed by atoms with E-state index in [-0.39, 0.29) is 0 Å². The van der Waals surface area contributed by atoms with Crippen LogP contribution in [0, 0.1) is 0 Å². The summed E-state index contributed by atoms with van der Waals surface area (Å²) in [6, 6.07) is 12.1. The van der Waals surface area contributed by atoms with Crippen LogP contribution in [0.3, 0.4) is 0 Å². The number of aromatic nitrogens is 4. The van der Waals surface area contributed by atoms with E-state index in [2.05, 4.69) is 38.5 Å². The van der Waals surface area contributed by atoms with E-state index in [9.17, 15) is 0 Å². The fourth-order valence-corrected chi connectivity index (χ4v) is 3.54. The molecule has 22 heavy (non-hydrogen) atoms. The lowest BCUT2D eigenvalue weighted by Crippen LogP contribution is -1.86. The number of imidazole rings is 1. The van der Waals surface area contributed by atoms with Gasteiger partial charge in [0.05, 0.1) is 26.9 Å². The van der Waals surface area contributed by atoms with Gasteiger partial charge in [0.25, 0.3) is 0 Å². The van der Waals surface area contributed by atoms with Crippen LogP contribution in [0.1, 0.15) is 0 Å². The summed E-state index contributed by atoms with van der Waals surface area (Å²) < 4.78 is 0. The number of aromatic amines is 1. The average molecular weight is 302 g/mol. The summed E-state index contributed by atoms with van der Waals surface area (Å²) in [7, 11) is 0. The highest BCUT2D eigenvalue weighted by molar-refractivity contribution is 7.13. The number of pyridine rings is 2. The topological polar surface area (TPSA) is 54.5 Å². The minimum atomic E-state index is 0.895. The van der Waals surface area contributed by atoms with Crippen LogP contribution in [0.15, 0.2) is 54.2 Å². The first-order chi connectivity index (χ1) is 10.9. The van der Waals surface area contributed by atoms with Gasteiger partial charge in [-0.25, -0.2) is 4.98 Å². The molecule has 4 nitrogen and oxygen atoms in total. The van der Waals surface area contributed by atoms with Gasteiger partial charge in [0, 0.05) is 23.2 Å². The van der Waals surface area contributed by atoms with Gasteiger partial charge in [-0.15, -0.1) is 11.3 Å². The Labute approximate surface area is 129 Å². The number of nitrogens with one attached hydrogen (secondary N) is 1. The Morgan fingerprint density at radius 3 is 2.36 bits per heavy atom. The minimum absolute atomic E-state index is 0.895. The average Bonchev–Trinajstić information content (AvgIpc) is 3.24. The summed E-state index contributed by atoms with van der Waals surface area (Å²) in [5.74, 6) is 0.895. The van der Waals surface area contributed by atoms with E-state index in [4.69, 9.17) is 4.98 Å². The van der Waals surface area contributed by atoms with Crippen LogP contribution in [-0.2, 0) is 0 Å². The summed E-state index contributed by atoms with van der Waals surface area (Å²) in [6.45, 7) is 0. The van der Waals surface area contributed by atoms with Crippen LogP contribution < -0.4 is 0 Å². The van der Waals surface area contributed by atoms with Crippen molar-refractivity contribution in [1.29, 1.82) is 0 Å². The molecule has 0 aliphatic rings. The molecule has 0 spiro atoms. The van der Waals surface area contributed by atoms with Gasteiger partial charge in [-0.2, -0.15) is 0 Å². The van der Waals surface area contributed by atoms with Gasteiger partial charge in [-0.1, -0.05) is 6.07 Å². The third kappa shape index (κ3) is 1.54. The van der Waals surface area contributed by atoms with E-state index >= 15 is 0 Å². The number of hydrogen-bond acceptors (Lipinski definition) is 4. The molecule has 104 valence electrons. The highest BCUT2D eigenvalue weighted by Gasteiger charge is 2.14. The predicted octanol–water partition coefficient (Wildman–Crippen LogP) is 4.39. The van der Waals surface area contributed by atoms with Crippen LogP contribution >= 0.6 is 11.3 Å². The number of nitrogens with zero attached hydrogens (tertiary/aromatic N) is 3. The van der Waals surface area contributed by atoms with Crippen LogP contribution in [0.5, 0.6) is 0 Å². The van der Waals surface area contributed by atoms with Crippen LogP contribution in [0.4, 0.5) is 0 Å². The fourth-order valence-electron chi connectivity index (χ4n) is 2.87. The van der Waals surface area contributed by atoms with Crippen LogP contribution in [-0.4, -0.2) is 19.9 Å². The molecule has 5 rings (SSSR count). The smallest absolute Gasteiger partial charge is 0.148 e. The highest BCUT2D eigenvalue weighted by Crippen LogP contribution is 2.33. The van der Waals surface area contributed by atoms with Crippen molar-refractivity contribution in [3.05, 3.63) is 54.2 Å². The molecule has 0 saturated carbocycles. The Hall–Kier alpha value is -2.79. The van der Waals surface area contributed by atoms with Gasteiger partial charge in [0.15, 0.2) is 0 Å². The molecule has 5 heteroatoms. The molecule has 4 heterocycles. The monoisotopic (exact) mass is 302 g/mol. The third-order valence-electron chi connectivity index (χ3n) is 3.82. The van der Waals surface area contributed by atoms with Crippen LogP contribution in [0.2, 0.25) is 0 Å². The Bertz CT molecular complexity index is 1050. The van der Waals surface area contributed by atoms with Crippen molar-refractivity contribution in [2.75, 3.05) is 0 Å². The minimum Gasteiger partial charge on any atom is -0.337 e. The number of thiophene rings is 1. The van der Waals surface area contributed by atoms with E-state index in [0.717, 1.165) is 43.5 Å². The lowest BCUT2D eigenvalue weighted by atomic mass is 10.1. The first-order valence-corrected chi connectivity index (χ1v) is 7.85. The quantitative estimate of drug-likeness (QED) is 0.467. The predicted molar refractivity (Wildman–Crippen MR) is 90.0 cm³/mol. The third-order valence-corrected chi connectivity index (χ3v) is 4.70. The second-order valence-electron chi connectivity index (χ2n) is 5.09. The largest absolute Gasteiger partial charge is 0.337 e. The molecular weight excluding hydrogens is 292 g/mol. The number of fused-ring (bicyclic) bond motifs is 6. The Morgan fingerprint density at radius 2 is 1.59 bits per heavy atom. The molecular formula is C17H10N4S. The molecule has 0 atom stereocenters. The number of rotatable bonds is 1. The second-order valence-corrected chi connectivity index (χ2v) is 6.03. The maximum absolute atomic E-state index is 4.82. The first-order valence-electron chi connectivity index (χ1n) is 6.97. The standard InChI is InChI=1S/C17H10N4S/c1-4-10-13(18-7-1)14-11(5-2-8-19-14)16-15(10)20-17(21-16)12-6-3-9-22-12/h1-9H,(H,20,21). The van der Waals surface area contributed by atoms with Gasteiger partial charge in [-0.3, -0.25) is 9.97 Å². The molecule has 0 bridgehead atoms. The number of benzene rings is 1. The van der Waals surface area contributed by atoms with Gasteiger partial charge in [0.2, 0.25) is 0 Å². The molecule has 0 aliphatic carbocycles. The molecule has 0 amide bonds. The zero-order chi connectivity index (χ0) is 14.5. The summed E-state index contributed by atoms with van der Waals surface area (Å²) in [5.41, 5.74) is 3.78. The zero-order valence-electron chi connectivity index (χ0n) is 11.4. The second kappa shape index (κ2) is 4.35. The molecule has 1 aromatic carbocycles. The highest BCUT2D eigenvalue weighted by atomic mass is 32.1. The first kappa shape index (κ1) is 11.8. The van der Waals surface area contributed by atoms with Gasteiger partial charge < -0.3 is 4.98 Å².